The maximum atomic E-state index is 13.4. The van der Waals surface area contributed by atoms with Gasteiger partial charge in [-0.1, -0.05) is 42.5 Å². The zero-order valence-electron chi connectivity index (χ0n) is 25.0. The number of methoxy groups -OCH3 is 1. The number of carbonyl (C=O) groups is 3. The van der Waals surface area contributed by atoms with Gasteiger partial charge >= 0.3 is 0 Å². The van der Waals surface area contributed by atoms with E-state index in [0.717, 1.165) is 27.7 Å². The quantitative estimate of drug-likeness (QED) is 0.286. The van der Waals surface area contributed by atoms with Crippen molar-refractivity contribution < 1.29 is 29.0 Å². The minimum absolute atomic E-state index is 0.229. The average Bonchev–Trinajstić information content (AvgIpc) is 3.37. The largest absolute Gasteiger partial charge is 0.493 e. The van der Waals surface area contributed by atoms with Crippen molar-refractivity contribution >= 4 is 28.6 Å². The van der Waals surface area contributed by atoms with E-state index in [1.165, 1.54) is 11.8 Å². The van der Waals surface area contributed by atoms with Gasteiger partial charge in [0, 0.05) is 41.7 Å². The molecule has 5 rings (SSSR count). The highest BCUT2D eigenvalue weighted by Gasteiger charge is 2.27. The van der Waals surface area contributed by atoms with Crippen molar-refractivity contribution in [1.82, 2.24) is 20.5 Å². The second kappa shape index (κ2) is 14.1. The van der Waals surface area contributed by atoms with Gasteiger partial charge in [0.15, 0.2) is 11.5 Å². The summed E-state index contributed by atoms with van der Waals surface area (Å²) in [5, 5.41) is 17.0. The van der Waals surface area contributed by atoms with Crippen LogP contribution in [-0.2, 0) is 22.4 Å². The number of nitrogens with zero attached hydrogens (tertiary/aromatic N) is 1. The highest BCUT2D eigenvalue weighted by atomic mass is 16.5. The van der Waals surface area contributed by atoms with Gasteiger partial charge in [-0.3, -0.25) is 14.4 Å². The van der Waals surface area contributed by atoms with E-state index in [4.69, 9.17) is 9.47 Å². The van der Waals surface area contributed by atoms with Crippen LogP contribution in [0.2, 0.25) is 0 Å². The van der Waals surface area contributed by atoms with Crippen molar-refractivity contribution in [3.05, 3.63) is 95.2 Å². The van der Waals surface area contributed by atoms with Gasteiger partial charge in [-0.15, -0.1) is 0 Å². The smallest absolute Gasteiger partial charge is 0.254 e. The number of carbonyl (C=O) groups excluding carboxylic acids is 3. The average molecular weight is 599 g/mol. The number of aliphatic hydroxyl groups excluding tert-OH is 1. The van der Waals surface area contributed by atoms with Crippen LogP contribution in [0.1, 0.15) is 40.5 Å². The number of benzene rings is 3. The Balaban J connectivity index is 1.45. The van der Waals surface area contributed by atoms with Crippen LogP contribution in [0.4, 0.5) is 0 Å². The monoisotopic (exact) mass is 598 g/mol. The SMILES string of the molecule is COc1ccc2cc1OCCCN(C(=O)c1ccccc1)CC(=O)N[C@@H]([C@@H](C)O)C(=O)NCCc1c([nH]c3ccccc13)C2. The van der Waals surface area contributed by atoms with Crippen LogP contribution in [0.3, 0.4) is 0 Å². The molecule has 2 heterocycles. The van der Waals surface area contributed by atoms with Crippen molar-refractivity contribution in [2.24, 2.45) is 0 Å². The predicted octanol–water partition coefficient (Wildman–Crippen LogP) is 3.22. The van der Waals surface area contributed by atoms with Gasteiger partial charge < -0.3 is 35.1 Å². The van der Waals surface area contributed by atoms with E-state index in [0.29, 0.717) is 42.9 Å². The maximum Gasteiger partial charge on any atom is 0.254 e. The summed E-state index contributed by atoms with van der Waals surface area (Å²) in [4.78, 5) is 44.6. The van der Waals surface area contributed by atoms with Gasteiger partial charge in [-0.25, -0.2) is 0 Å². The third-order valence-corrected chi connectivity index (χ3v) is 7.74. The molecule has 3 aromatic carbocycles. The number of hydrogen-bond acceptors (Lipinski definition) is 6. The number of para-hydroxylation sites is 1. The van der Waals surface area contributed by atoms with Crippen LogP contribution in [0.25, 0.3) is 10.9 Å². The summed E-state index contributed by atoms with van der Waals surface area (Å²) < 4.78 is 11.7. The second-order valence-corrected chi connectivity index (χ2v) is 10.9. The molecule has 0 unspecified atom stereocenters. The predicted molar refractivity (Wildman–Crippen MR) is 167 cm³/mol. The summed E-state index contributed by atoms with van der Waals surface area (Å²) >= 11 is 0. The number of aromatic amines is 1. The number of aromatic nitrogens is 1. The van der Waals surface area contributed by atoms with E-state index in [9.17, 15) is 19.5 Å². The van der Waals surface area contributed by atoms with Gasteiger partial charge in [-0.2, -0.15) is 0 Å². The Hall–Kier alpha value is -4.83. The van der Waals surface area contributed by atoms with E-state index >= 15 is 0 Å². The number of H-pyrrole nitrogens is 1. The number of ether oxygens (including phenoxy) is 2. The fourth-order valence-electron chi connectivity index (χ4n) is 5.51. The third kappa shape index (κ3) is 7.20. The molecule has 10 nitrogen and oxygen atoms in total. The molecule has 0 fully saturated rings. The lowest BCUT2D eigenvalue weighted by Crippen LogP contribution is -2.55. The molecule has 44 heavy (non-hydrogen) atoms. The summed E-state index contributed by atoms with van der Waals surface area (Å²) in [5.74, 6) is -0.187. The van der Waals surface area contributed by atoms with Gasteiger partial charge in [-0.05, 0) is 61.2 Å². The maximum absolute atomic E-state index is 13.4. The van der Waals surface area contributed by atoms with Crippen LogP contribution in [0.5, 0.6) is 11.5 Å². The lowest BCUT2D eigenvalue weighted by Gasteiger charge is -2.25. The molecule has 0 saturated carbocycles. The second-order valence-electron chi connectivity index (χ2n) is 10.9. The third-order valence-electron chi connectivity index (χ3n) is 7.74. The molecule has 1 aliphatic rings. The summed E-state index contributed by atoms with van der Waals surface area (Å²) in [6.45, 7) is 1.96. The van der Waals surface area contributed by atoms with E-state index < -0.39 is 24.0 Å². The standard InChI is InChI=1S/C34H38N4O6/c1-22(39)32-33(41)35-16-15-26-25-11-6-7-12-27(25)36-28(26)19-23-13-14-29(43-2)30(20-23)44-18-8-17-38(21-31(40)37-32)34(42)24-9-4-3-5-10-24/h3-7,9-14,20,22,32,36,39H,8,15-19,21H2,1-2H3,(H,35,41)(H,37,40)/t22-,32+/m1/s1. The van der Waals surface area contributed by atoms with Crippen molar-refractivity contribution in [3.8, 4) is 11.5 Å². The van der Waals surface area contributed by atoms with E-state index in [-0.39, 0.29) is 25.6 Å². The number of nitrogens with one attached hydrogen (secondary N) is 3. The molecule has 2 bridgehead atoms. The van der Waals surface area contributed by atoms with Crippen molar-refractivity contribution in [2.75, 3.05) is 33.4 Å². The molecule has 2 atom stereocenters. The van der Waals surface area contributed by atoms with Crippen LogP contribution < -0.4 is 20.1 Å². The van der Waals surface area contributed by atoms with Gasteiger partial charge in [0.2, 0.25) is 11.8 Å². The molecule has 0 saturated heterocycles. The molecule has 10 heteroatoms. The number of rotatable bonds is 3. The van der Waals surface area contributed by atoms with E-state index in [2.05, 4.69) is 15.6 Å². The molecule has 3 amide bonds. The molecule has 1 aromatic heterocycles. The van der Waals surface area contributed by atoms with E-state index in [1.54, 1.807) is 31.4 Å². The van der Waals surface area contributed by atoms with Gasteiger partial charge in [0.25, 0.3) is 5.91 Å². The lowest BCUT2D eigenvalue weighted by atomic mass is 10.0. The number of fused-ring (bicyclic) bond motifs is 5. The minimum Gasteiger partial charge on any atom is -0.493 e. The minimum atomic E-state index is -1.18. The zero-order chi connectivity index (χ0) is 31.1. The van der Waals surface area contributed by atoms with E-state index in [1.807, 2.05) is 48.5 Å². The number of hydrogen-bond donors (Lipinski definition) is 4. The van der Waals surface area contributed by atoms with Crippen LogP contribution >= 0.6 is 0 Å². The Morgan fingerprint density at radius 3 is 2.61 bits per heavy atom. The molecular formula is C34H38N4O6. The van der Waals surface area contributed by atoms with Crippen molar-refractivity contribution in [3.63, 3.8) is 0 Å². The molecule has 0 spiro atoms. The summed E-state index contributed by atoms with van der Waals surface area (Å²) in [6, 6.07) is 21.4. The lowest BCUT2D eigenvalue weighted by molar-refractivity contribution is -0.131. The van der Waals surface area contributed by atoms with Gasteiger partial charge in [0.1, 0.15) is 6.04 Å². The summed E-state index contributed by atoms with van der Waals surface area (Å²) in [7, 11) is 1.59. The Bertz CT molecular complexity index is 1620. The molecule has 1 aliphatic heterocycles. The molecule has 4 N–H and O–H groups in total. The van der Waals surface area contributed by atoms with Crippen molar-refractivity contribution in [2.45, 2.75) is 38.3 Å². The first-order valence-electron chi connectivity index (χ1n) is 14.8. The fourth-order valence-corrected chi connectivity index (χ4v) is 5.51. The zero-order valence-corrected chi connectivity index (χ0v) is 25.0. The highest BCUT2D eigenvalue weighted by molar-refractivity contribution is 5.97. The Kier molecular flexibility index (Phi) is 9.81. The van der Waals surface area contributed by atoms with Crippen LogP contribution in [0, 0.1) is 0 Å². The fraction of sp³-hybridized carbons (Fsp3) is 0.324. The first kappa shape index (κ1) is 30.6. The molecule has 0 aliphatic carbocycles. The topological polar surface area (TPSA) is 133 Å². The van der Waals surface area contributed by atoms with Crippen LogP contribution in [0.15, 0.2) is 72.8 Å². The number of amides is 3. The Morgan fingerprint density at radius 2 is 1.84 bits per heavy atom. The Morgan fingerprint density at radius 1 is 1.07 bits per heavy atom. The summed E-state index contributed by atoms with van der Waals surface area (Å²) in [5.41, 5.74) is 4.55. The van der Waals surface area contributed by atoms with Crippen LogP contribution in [-0.4, -0.2) is 78.2 Å². The molecule has 4 aromatic rings. The van der Waals surface area contributed by atoms with Crippen molar-refractivity contribution in [1.29, 1.82) is 0 Å². The first-order valence-corrected chi connectivity index (χ1v) is 14.8. The Labute approximate surface area is 256 Å². The number of aliphatic hydroxyl groups is 1. The van der Waals surface area contributed by atoms with Gasteiger partial charge in [0.05, 0.1) is 26.4 Å². The first-order chi connectivity index (χ1) is 21.3. The molecular weight excluding hydrogens is 560 g/mol. The normalized spacial score (nSPS) is 17.6. The highest BCUT2D eigenvalue weighted by Crippen LogP contribution is 2.31. The summed E-state index contributed by atoms with van der Waals surface area (Å²) in [6.07, 6.45) is 0.421. The molecule has 230 valence electrons. The molecule has 0 radical (unpaired) electrons.